The quantitative estimate of drug-likeness (QED) is 0.600. The molecule has 5 N–H and O–H groups in total. The van der Waals surface area contributed by atoms with Crippen LogP contribution in [0.25, 0.3) is 0 Å². The van der Waals surface area contributed by atoms with Crippen molar-refractivity contribution in [3.8, 4) is 0 Å². The monoisotopic (exact) mass is 356 g/mol. The van der Waals surface area contributed by atoms with Crippen molar-refractivity contribution < 1.29 is 14.4 Å². The van der Waals surface area contributed by atoms with Crippen molar-refractivity contribution in [1.82, 2.24) is 10.2 Å². The van der Waals surface area contributed by atoms with Crippen LogP contribution >= 0.6 is 15.9 Å². The maximum absolute atomic E-state index is 12.0. The van der Waals surface area contributed by atoms with Gasteiger partial charge in [-0.1, -0.05) is 28.1 Å². The van der Waals surface area contributed by atoms with Gasteiger partial charge in [-0.2, -0.15) is 0 Å². The first kappa shape index (κ1) is 17.1. The number of carbonyl (C=O) groups excluding carboxylic acids is 3. The fourth-order valence-electron chi connectivity index (χ4n) is 1.59. The maximum atomic E-state index is 12.0. The number of nitrogens with zero attached hydrogens (tertiary/aromatic N) is 1. The van der Waals surface area contributed by atoms with E-state index in [0.29, 0.717) is 0 Å². The Labute approximate surface area is 130 Å². The SMILES string of the molecule is NCC(=O)NCC(=O)N(CC(N)=O)Cc1ccc(Br)cc1. The Morgan fingerprint density at radius 1 is 1.19 bits per heavy atom. The number of rotatable bonds is 7. The van der Waals surface area contributed by atoms with Crippen LogP contribution in [0.5, 0.6) is 0 Å². The summed E-state index contributed by atoms with van der Waals surface area (Å²) < 4.78 is 0.911. The van der Waals surface area contributed by atoms with Crippen molar-refractivity contribution >= 4 is 33.7 Å². The van der Waals surface area contributed by atoms with E-state index in [9.17, 15) is 14.4 Å². The summed E-state index contributed by atoms with van der Waals surface area (Å²) in [4.78, 5) is 35.4. The zero-order valence-electron chi connectivity index (χ0n) is 11.3. The van der Waals surface area contributed by atoms with E-state index in [1.165, 1.54) is 4.90 Å². The molecule has 0 radical (unpaired) electrons. The minimum absolute atomic E-state index is 0.199. The molecule has 1 rings (SSSR count). The number of amides is 3. The zero-order valence-corrected chi connectivity index (χ0v) is 12.9. The Kier molecular flexibility index (Phi) is 6.83. The molecule has 0 aromatic heterocycles. The van der Waals surface area contributed by atoms with Crippen molar-refractivity contribution in [2.75, 3.05) is 19.6 Å². The van der Waals surface area contributed by atoms with Crippen LogP contribution in [0.1, 0.15) is 5.56 Å². The molecular formula is C13H17BrN4O3. The van der Waals surface area contributed by atoms with Gasteiger partial charge in [0.25, 0.3) is 0 Å². The molecule has 8 heteroatoms. The first-order chi connectivity index (χ1) is 9.92. The van der Waals surface area contributed by atoms with E-state index in [1.54, 1.807) is 0 Å². The van der Waals surface area contributed by atoms with Crippen molar-refractivity contribution in [2.24, 2.45) is 11.5 Å². The molecule has 0 aliphatic carbocycles. The number of hydrogen-bond acceptors (Lipinski definition) is 4. The van der Waals surface area contributed by atoms with Gasteiger partial charge in [-0.15, -0.1) is 0 Å². The first-order valence-corrected chi connectivity index (χ1v) is 6.99. The smallest absolute Gasteiger partial charge is 0.242 e. The molecule has 21 heavy (non-hydrogen) atoms. The fraction of sp³-hybridized carbons (Fsp3) is 0.308. The minimum Gasteiger partial charge on any atom is -0.368 e. The minimum atomic E-state index is -0.620. The molecule has 0 saturated heterocycles. The number of halogens is 1. The van der Waals surface area contributed by atoms with Gasteiger partial charge in [0.2, 0.25) is 17.7 Å². The average molecular weight is 357 g/mol. The molecule has 0 saturated carbocycles. The summed E-state index contributed by atoms with van der Waals surface area (Å²) in [7, 11) is 0. The third-order valence-corrected chi connectivity index (χ3v) is 3.14. The van der Waals surface area contributed by atoms with Gasteiger partial charge in [0.05, 0.1) is 19.6 Å². The lowest BCUT2D eigenvalue weighted by Crippen LogP contribution is -2.44. The first-order valence-electron chi connectivity index (χ1n) is 6.19. The van der Waals surface area contributed by atoms with Crippen LogP contribution in [0.3, 0.4) is 0 Å². The van der Waals surface area contributed by atoms with Crippen LogP contribution in [0.2, 0.25) is 0 Å². The average Bonchev–Trinajstić information content (AvgIpc) is 2.45. The van der Waals surface area contributed by atoms with E-state index >= 15 is 0 Å². The molecule has 0 fully saturated rings. The topological polar surface area (TPSA) is 119 Å². The van der Waals surface area contributed by atoms with Crippen molar-refractivity contribution in [1.29, 1.82) is 0 Å². The van der Waals surface area contributed by atoms with Crippen LogP contribution in [0.4, 0.5) is 0 Å². The van der Waals surface area contributed by atoms with Gasteiger partial charge in [0.1, 0.15) is 0 Å². The molecule has 0 aliphatic heterocycles. The lowest BCUT2D eigenvalue weighted by Gasteiger charge is -2.21. The van der Waals surface area contributed by atoms with Gasteiger partial charge < -0.3 is 21.7 Å². The highest BCUT2D eigenvalue weighted by atomic mass is 79.9. The number of nitrogens with one attached hydrogen (secondary N) is 1. The summed E-state index contributed by atoms with van der Waals surface area (Å²) in [5, 5.41) is 2.37. The summed E-state index contributed by atoms with van der Waals surface area (Å²) in [6.45, 7) is -0.406. The molecule has 114 valence electrons. The Bertz CT molecular complexity index is 519. The normalized spacial score (nSPS) is 10.0. The van der Waals surface area contributed by atoms with Gasteiger partial charge in [-0.25, -0.2) is 0 Å². The number of hydrogen-bond donors (Lipinski definition) is 3. The summed E-state index contributed by atoms with van der Waals surface area (Å²) in [5.74, 6) is -1.46. The van der Waals surface area contributed by atoms with Gasteiger partial charge in [-0.3, -0.25) is 14.4 Å². The number of benzene rings is 1. The van der Waals surface area contributed by atoms with E-state index < -0.39 is 17.7 Å². The number of primary amides is 1. The molecular weight excluding hydrogens is 340 g/mol. The van der Waals surface area contributed by atoms with Crippen molar-refractivity contribution in [3.63, 3.8) is 0 Å². The molecule has 0 heterocycles. The van der Waals surface area contributed by atoms with Gasteiger partial charge in [0.15, 0.2) is 0 Å². The number of carbonyl (C=O) groups is 3. The molecule has 0 bridgehead atoms. The van der Waals surface area contributed by atoms with E-state index in [1.807, 2.05) is 24.3 Å². The molecule has 1 aromatic rings. The second-order valence-electron chi connectivity index (χ2n) is 4.32. The van der Waals surface area contributed by atoms with Crippen molar-refractivity contribution in [3.05, 3.63) is 34.3 Å². The van der Waals surface area contributed by atoms with Crippen LogP contribution in [0.15, 0.2) is 28.7 Å². The van der Waals surface area contributed by atoms with E-state index in [-0.39, 0.29) is 26.2 Å². The summed E-state index contributed by atoms with van der Waals surface area (Å²) in [6, 6.07) is 7.31. The Morgan fingerprint density at radius 3 is 2.33 bits per heavy atom. The summed E-state index contributed by atoms with van der Waals surface area (Å²) in [6.07, 6.45) is 0. The zero-order chi connectivity index (χ0) is 15.8. The van der Waals surface area contributed by atoms with Crippen LogP contribution in [0, 0.1) is 0 Å². The molecule has 0 aliphatic rings. The molecule has 7 nitrogen and oxygen atoms in total. The molecule has 0 unspecified atom stereocenters. The highest BCUT2D eigenvalue weighted by molar-refractivity contribution is 9.10. The third kappa shape index (κ3) is 6.37. The third-order valence-electron chi connectivity index (χ3n) is 2.61. The van der Waals surface area contributed by atoms with E-state index in [2.05, 4.69) is 21.2 Å². The molecule has 3 amide bonds. The standard InChI is InChI=1S/C13H17BrN4O3/c14-10-3-1-9(2-4-10)7-18(8-11(16)19)13(21)6-17-12(20)5-15/h1-4H,5-8,15H2,(H2,16,19)(H,17,20). The molecule has 0 atom stereocenters. The highest BCUT2D eigenvalue weighted by Crippen LogP contribution is 2.12. The predicted molar refractivity (Wildman–Crippen MR) is 80.8 cm³/mol. The van der Waals surface area contributed by atoms with E-state index in [0.717, 1.165) is 10.0 Å². The van der Waals surface area contributed by atoms with Crippen LogP contribution in [-0.4, -0.2) is 42.3 Å². The highest BCUT2D eigenvalue weighted by Gasteiger charge is 2.16. The predicted octanol–water partition coefficient (Wildman–Crippen LogP) is -0.662. The van der Waals surface area contributed by atoms with E-state index in [4.69, 9.17) is 11.5 Å². The maximum Gasteiger partial charge on any atom is 0.242 e. The largest absolute Gasteiger partial charge is 0.368 e. The van der Waals surface area contributed by atoms with Gasteiger partial charge in [0, 0.05) is 11.0 Å². The van der Waals surface area contributed by atoms with Crippen LogP contribution < -0.4 is 16.8 Å². The van der Waals surface area contributed by atoms with Crippen molar-refractivity contribution in [2.45, 2.75) is 6.54 Å². The fourth-order valence-corrected chi connectivity index (χ4v) is 1.85. The molecule has 0 spiro atoms. The number of nitrogens with two attached hydrogens (primary N) is 2. The van der Waals surface area contributed by atoms with Gasteiger partial charge in [-0.05, 0) is 17.7 Å². The lowest BCUT2D eigenvalue weighted by atomic mass is 10.2. The molecule has 1 aromatic carbocycles. The Balaban J connectivity index is 2.70. The van der Waals surface area contributed by atoms with Crippen LogP contribution in [-0.2, 0) is 20.9 Å². The second kappa shape index (κ2) is 8.38. The lowest BCUT2D eigenvalue weighted by molar-refractivity contribution is -0.136. The Morgan fingerprint density at radius 2 is 1.81 bits per heavy atom. The summed E-state index contributed by atoms with van der Waals surface area (Å²) >= 11 is 3.32. The summed E-state index contributed by atoms with van der Waals surface area (Å²) in [5.41, 5.74) is 11.1. The van der Waals surface area contributed by atoms with Gasteiger partial charge >= 0.3 is 0 Å². The Hall–Kier alpha value is -1.93. The second-order valence-corrected chi connectivity index (χ2v) is 5.24.